The second-order valence-corrected chi connectivity index (χ2v) is 4.14. The number of amides is 2. The van der Waals surface area contributed by atoms with Crippen LogP contribution in [0.25, 0.3) is 6.08 Å². The van der Waals surface area contributed by atoms with Gasteiger partial charge in [0.15, 0.2) is 0 Å². The zero-order chi connectivity index (χ0) is 13.0. The minimum Gasteiger partial charge on any atom is -0.354 e. The summed E-state index contributed by atoms with van der Waals surface area (Å²) in [5, 5.41) is 6.75. The quantitative estimate of drug-likeness (QED) is 0.736. The van der Waals surface area contributed by atoms with Crippen LogP contribution in [0.3, 0.4) is 0 Å². The van der Waals surface area contributed by atoms with Crippen LogP contribution in [0, 0.1) is 0 Å². The van der Waals surface area contributed by atoms with Crippen molar-refractivity contribution >= 4 is 17.9 Å². The molecule has 0 unspecified atom stereocenters. The van der Waals surface area contributed by atoms with E-state index >= 15 is 0 Å². The number of nitrogens with zero attached hydrogens (tertiary/aromatic N) is 3. The molecular weight excluding hydrogens is 232 g/mol. The van der Waals surface area contributed by atoms with Crippen LogP contribution in [-0.2, 0) is 16.6 Å². The third kappa shape index (κ3) is 2.97. The van der Waals surface area contributed by atoms with E-state index in [4.69, 9.17) is 0 Å². The van der Waals surface area contributed by atoms with Gasteiger partial charge in [-0.15, -0.1) is 0 Å². The molecule has 1 N–H and O–H groups in total. The van der Waals surface area contributed by atoms with Gasteiger partial charge in [0.05, 0.1) is 5.69 Å². The van der Waals surface area contributed by atoms with E-state index in [1.165, 1.54) is 6.08 Å². The number of hydrogen-bond donors (Lipinski definition) is 1. The number of aromatic nitrogens is 2. The standard InChI is InChI=1S/C12H16N4O2/c1-15-10(4-6-14-15)2-3-12(18)16-8-5-11(17)13-7-9-16/h2-4,6H,5,7-9H2,1H3,(H,13,17). The summed E-state index contributed by atoms with van der Waals surface area (Å²) in [7, 11) is 1.82. The first-order valence-electron chi connectivity index (χ1n) is 5.88. The molecule has 0 spiro atoms. The van der Waals surface area contributed by atoms with Gasteiger partial charge in [-0.1, -0.05) is 0 Å². The van der Waals surface area contributed by atoms with Crippen molar-refractivity contribution in [1.29, 1.82) is 0 Å². The molecule has 2 rings (SSSR count). The third-order valence-electron chi connectivity index (χ3n) is 2.88. The Morgan fingerprint density at radius 3 is 3.06 bits per heavy atom. The van der Waals surface area contributed by atoms with Crippen LogP contribution in [0.4, 0.5) is 0 Å². The highest BCUT2D eigenvalue weighted by molar-refractivity contribution is 5.92. The summed E-state index contributed by atoms with van der Waals surface area (Å²) in [5.74, 6) is -0.0754. The van der Waals surface area contributed by atoms with Gasteiger partial charge in [-0.2, -0.15) is 5.10 Å². The monoisotopic (exact) mass is 248 g/mol. The fourth-order valence-electron chi connectivity index (χ4n) is 1.80. The lowest BCUT2D eigenvalue weighted by Gasteiger charge is -2.17. The molecule has 0 bridgehead atoms. The van der Waals surface area contributed by atoms with E-state index < -0.39 is 0 Å². The van der Waals surface area contributed by atoms with Gasteiger partial charge in [-0.3, -0.25) is 14.3 Å². The van der Waals surface area contributed by atoms with E-state index in [1.54, 1.807) is 21.9 Å². The summed E-state index contributed by atoms with van der Waals surface area (Å²) in [6.45, 7) is 1.55. The Morgan fingerprint density at radius 2 is 2.33 bits per heavy atom. The number of carbonyl (C=O) groups is 2. The van der Waals surface area contributed by atoms with Crippen molar-refractivity contribution < 1.29 is 9.59 Å². The lowest BCUT2D eigenvalue weighted by Crippen LogP contribution is -2.32. The molecule has 0 aliphatic carbocycles. The fourth-order valence-corrected chi connectivity index (χ4v) is 1.80. The summed E-state index contributed by atoms with van der Waals surface area (Å²) in [6, 6.07) is 1.83. The number of nitrogens with one attached hydrogen (secondary N) is 1. The van der Waals surface area contributed by atoms with Gasteiger partial charge in [0.25, 0.3) is 0 Å². The molecule has 0 radical (unpaired) electrons. The first-order chi connectivity index (χ1) is 8.66. The Balaban J connectivity index is 1.97. The molecule has 1 aromatic heterocycles. The Hall–Kier alpha value is -2.11. The average Bonchev–Trinajstić information content (AvgIpc) is 2.62. The van der Waals surface area contributed by atoms with Gasteiger partial charge in [-0.05, 0) is 12.1 Å². The Kier molecular flexibility index (Phi) is 3.76. The van der Waals surface area contributed by atoms with E-state index in [2.05, 4.69) is 10.4 Å². The van der Waals surface area contributed by atoms with Crippen LogP contribution in [0.2, 0.25) is 0 Å². The van der Waals surface area contributed by atoms with Gasteiger partial charge in [0.2, 0.25) is 11.8 Å². The van der Waals surface area contributed by atoms with Gasteiger partial charge in [-0.25, -0.2) is 0 Å². The Morgan fingerprint density at radius 1 is 1.50 bits per heavy atom. The van der Waals surface area contributed by atoms with Gasteiger partial charge < -0.3 is 10.2 Å². The van der Waals surface area contributed by atoms with Crippen LogP contribution in [0.15, 0.2) is 18.3 Å². The molecule has 1 aromatic rings. The number of carbonyl (C=O) groups excluding carboxylic acids is 2. The summed E-state index contributed by atoms with van der Waals surface area (Å²) in [5.41, 5.74) is 0.868. The molecule has 0 atom stereocenters. The van der Waals surface area contributed by atoms with Crippen LogP contribution < -0.4 is 5.32 Å². The second-order valence-electron chi connectivity index (χ2n) is 4.14. The van der Waals surface area contributed by atoms with Crippen molar-refractivity contribution in [3.8, 4) is 0 Å². The summed E-state index contributed by atoms with van der Waals surface area (Å²) >= 11 is 0. The zero-order valence-corrected chi connectivity index (χ0v) is 10.3. The van der Waals surface area contributed by atoms with Crippen molar-refractivity contribution in [1.82, 2.24) is 20.0 Å². The maximum atomic E-state index is 11.9. The molecule has 1 aliphatic rings. The predicted octanol–water partition coefficient (Wildman–Crippen LogP) is -0.218. The molecular formula is C12H16N4O2. The molecule has 0 saturated carbocycles. The minimum atomic E-state index is -0.0762. The molecule has 96 valence electrons. The summed E-state index contributed by atoms with van der Waals surface area (Å²) < 4.78 is 1.69. The molecule has 2 amide bonds. The van der Waals surface area contributed by atoms with E-state index in [0.29, 0.717) is 26.1 Å². The highest BCUT2D eigenvalue weighted by atomic mass is 16.2. The van der Waals surface area contributed by atoms with E-state index in [0.717, 1.165) is 5.69 Å². The largest absolute Gasteiger partial charge is 0.354 e. The van der Waals surface area contributed by atoms with Crippen molar-refractivity contribution in [3.05, 3.63) is 24.0 Å². The van der Waals surface area contributed by atoms with E-state index in [-0.39, 0.29) is 11.8 Å². The van der Waals surface area contributed by atoms with E-state index in [9.17, 15) is 9.59 Å². The minimum absolute atomic E-state index is 0.000846. The number of rotatable bonds is 2. The summed E-state index contributed by atoms with van der Waals surface area (Å²) in [6.07, 6.45) is 5.30. The van der Waals surface area contributed by atoms with Gasteiger partial charge in [0, 0.05) is 45.4 Å². The lowest BCUT2D eigenvalue weighted by molar-refractivity contribution is -0.125. The van der Waals surface area contributed by atoms with Crippen LogP contribution >= 0.6 is 0 Å². The first-order valence-corrected chi connectivity index (χ1v) is 5.88. The predicted molar refractivity (Wildman–Crippen MR) is 66.4 cm³/mol. The SMILES string of the molecule is Cn1nccc1C=CC(=O)N1CCNC(=O)CC1. The zero-order valence-electron chi connectivity index (χ0n) is 10.3. The highest BCUT2D eigenvalue weighted by Gasteiger charge is 2.16. The Bertz CT molecular complexity index is 478. The van der Waals surface area contributed by atoms with Crippen molar-refractivity contribution in [2.24, 2.45) is 7.05 Å². The maximum Gasteiger partial charge on any atom is 0.246 e. The third-order valence-corrected chi connectivity index (χ3v) is 2.88. The normalized spacial score (nSPS) is 16.7. The van der Waals surface area contributed by atoms with Crippen molar-refractivity contribution in [2.75, 3.05) is 19.6 Å². The number of aryl methyl sites for hydroxylation is 1. The van der Waals surface area contributed by atoms with E-state index in [1.807, 2.05) is 13.1 Å². The summed E-state index contributed by atoms with van der Waals surface area (Å²) in [4.78, 5) is 24.8. The van der Waals surface area contributed by atoms with Gasteiger partial charge >= 0.3 is 0 Å². The topological polar surface area (TPSA) is 67.2 Å². The lowest BCUT2D eigenvalue weighted by atomic mass is 10.3. The maximum absolute atomic E-state index is 11.9. The number of hydrogen-bond acceptors (Lipinski definition) is 3. The smallest absolute Gasteiger partial charge is 0.246 e. The molecule has 0 aromatic carbocycles. The molecule has 1 aliphatic heterocycles. The molecule has 1 saturated heterocycles. The van der Waals surface area contributed by atoms with Crippen LogP contribution in [-0.4, -0.2) is 46.1 Å². The van der Waals surface area contributed by atoms with Crippen molar-refractivity contribution in [2.45, 2.75) is 6.42 Å². The van der Waals surface area contributed by atoms with Gasteiger partial charge in [0.1, 0.15) is 0 Å². The Labute approximate surface area is 105 Å². The molecule has 6 nitrogen and oxygen atoms in total. The van der Waals surface area contributed by atoms with Crippen LogP contribution in [0.5, 0.6) is 0 Å². The first kappa shape index (κ1) is 12.3. The molecule has 6 heteroatoms. The van der Waals surface area contributed by atoms with Crippen molar-refractivity contribution in [3.63, 3.8) is 0 Å². The fraction of sp³-hybridized carbons (Fsp3) is 0.417. The molecule has 1 fully saturated rings. The second kappa shape index (κ2) is 5.48. The molecule has 2 heterocycles. The highest BCUT2D eigenvalue weighted by Crippen LogP contribution is 2.02. The molecule has 18 heavy (non-hydrogen) atoms. The average molecular weight is 248 g/mol. The van der Waals surface area contributed by atoms with Crippen LogP contribution in [0.1, 0.15) is 12.1 Å².